The predicted octanol–water partition coefficient (Wildman–Crippen LogP) is 5.09. The average Bonchev–Trinajstić information content (AvgIpc) is 3.45. The lowest BCUT2D eigenvalue weighted by Crippen LogP contribution is -2.24. The Morgan fingerprint density at radius 2 is 1.82 bits per heavy atom. The van der Waals surface area contributed by atoms with Crippen LogP contribution in [0.4, 0.5) is 16.5 Å². The first kappa shape index (κ1) is 23.8. The van der Waals surface area contributed by atoms with Crippen LogP contribution >= 0.6 is 22.9 Å². The zero-order chi connectivity index (χ0) is 24.1. The minimum Gasteiger partial charge on any atom is -0.326 e. The van der Waals surface area contributed by atoms with Gasteiger partial charge in [0.15, 0.2) is 0 Å². The molecular weight excluding hydrogens is 474 g/mol. The molecule has 0 bridgehead atoms. The van der Waals surface area contributed by atoms with E-state index >= 15 is 0 Å². The number of aromatic nitrogens is 2. The molecule has 1 atom stereocenters. The number of rotatable bonds is 8. The van der Waals surface area contributed by atoms with Crippen LogP contribution < -0.4 is 15.5 Å². The Labute approximate surface area is 206 Å². The van der Waals surface area contributed by atoms with E-state index in [1.54, 1.807) is 41.3 Å². The normalized spacial score (nSPS) is 15.4. The van der Waals surface area contributed by atoms with Gasteiger partial charge in [0.05, 0.1) is 0 Å². The molecule has 3 amide bonds. The molecule has 0 aliphatic carbocycles. The van der Waals surface area contributed by atoms with Crippen molar-refractivity contribution in [1.82, 2.24) is 10.2 Å². The minimum atomic E-state index is -0.322. The van der Waals surface area contributed by atoms with Gasteiger partial charge in [-0.05, 0) is 55.0 Å². The van der Waals surface area contributed by atoms with Crippen LogP contribution in [0, 0.1) is 0 Å². The molecule has 0 saturated carbocycles. The standard InChI is InChI=1S/C24H24ClN5O3S/c1-2-3-4-20(31)26-18-9-5-15(6-10-18)22(33)27-24-29-28-23(34-24)16-13-21(32)30(14-16)19-11-7-17(25)8-12-19/h5-12,16H,2-4,13-14H2,1H3,(H,26,31)(H,27,29,33)/t16-/m0/s1. The number of unbranched alkanes of at least 4 members (excludes halogenated alkanes) is 1. The molecule has 1 aliphatic heterocycles. The molecule has 0 spiro atoms. The Bertz CT molecular complexity index is 1180. The maximum absolute atomic E-state index is 12.6. The van der Waals surface area contributed by atoms with Gasteiger partial charge >= 0.3 is 0 Å². The summed E-state index contributed by atoms with van der Waals surface area (Å²) in [5.41, 5.74) is 1.88. The fourth-order valence-electron chi connectivity index (χ4n) is 3.63. The number of carbonyl (C=O) groups excluding carboxylic acids is 3. The summed E-state index contributed by atoms with van der Waals surface area (Å²) in [7, 11) is 0. The smallest absolute Gasteiger partial charge is 0.257 e. The predicted molar refractivity (Wildman–Crippen MR) is 134 cm³/mol. The lowest BCUT2D eigenvalue weighted by molar-refractivity contribution is -0.117. The first-order valence-corrected chi connectivity index (χ1v) is 12.2. The molecular formula is C24H24ClN5O3S. The van der Waals surface area contributed by atoms with Crippen LogP contribution in [0.3, 0.4) is 0 Å². The van der Waals surface area contributed by atoms with Crippen LogP contribution in [0.15, 0.2) is 48.5 Å². The quantitative estimate of drug-likeness (QED) is 0.451. The molecule has 1 aliphatic rings. The third-order valence-corrected chi connectivity index (χ3v) is 6.72. The molecule has 1 saturated heterocycles. The van der Waals surface area contributed by atoms with Crippen molar-refractivity contribution in [2.75, 3.05) is 22.1 Å². The number of benzene rings is 2. The zero-order valence-corrected chi connectivity index (χ0v) is 20.2. The molecule has 4 rings (SSSR count). The largest absolute Gasteiger partial charge is 0.326 e. The highest BCUT2D eigenvalue weighted by Crippen LogP contribution is 2.34. The molecule has 34 heavy (non-hydrogen) atoms. The number of amides is 3. The van der Waals surface area contributed by atoms with Gasteiger partial charge in [0.25, 0.3) is 5.91 Å². The number of carbonyl (C=O) groups is 3. The van der Waals surface area contributed by atoms with Gasteiger partial charge in [0.2, 0.25) is 16.9 Å². The van der Waals surface area contributed by atoms with Crippen LogP contribution in [-0.4, -0.2) is 34.5 Å². The van der Waals surface area contributed by atoms with Crippen LogP contribution in [0.2, 0.25) is 5.02 Å². The molecule has 2 heterocycles. The first-order valence-electron chi connectivity index (χ1n) is 11.0. The Hall–Kier alpha value is -3.30. The van der Waals surface area contributed by atoms with E-state index in [-0.39, 0.29) is 23.6 Å². The molecule has 3 aromatic rings. The molecule has 0 radical (unpaired) electrons. The second-order valence-corrected chi connectivity index (χ2v) is 9.46. The van der Waals surface area contributed by atoms with Gasteiger partial charge in [0.1, 0.15) is 5.01 Å². The van der Waals surface area contributed by atoms with E-state index in [0.29, 0.717) is 45.8 Å². The number of hydrogen-bond acceptors (Lipinski definition) is 6. The fraction of sp³-hybridized carbons (Fsp3) is 0.292. The van der Waals surface area contributed by atoms with Gasteiger partial charge in [-0.25, -0.2) is 0 Å². The number of nitrogens with zero attached hydrogens (tertiary/aromatic N) is 3. The SMILES string of the molecule is CCCCC(=O)Nc1ccc(C(=O)Nc2nnc([C@H]3CC(=O)N(c4ccc(Cl)cc4)C3)s2)cc1. The number of hydrogen-bond donors (Lipinski definition) is 2. The molecule has 1 fully saturated rings. The third kappa shape index (κ3) is 5.78. The Kier molecular flexibility index (Phi) is 7.54. The van der Waals surface area contributed by atoms with Crippen molar-refractivity contribution in [1.29, 1.82) is 0 Å². The zero-order valence-electron chi connectivity index (χ0n) is 18.6. The second-order valence-electron chi connectivity index (χ2n) is 8.01. The summed E-state index contributed by atoms with van der Waals surface area (Å²) < 4.78 is 0. The molecule has 2 aromatic carbocycles. The molecule has 176 valence electrons. The lowest BCUT2D eigenvalue weighted by atomic mass is 10.1. The van der Waals surface area contributed by atoms with Gasteiger partial charge in [-0.1, -0.05) is 36.3 Å². The van der Waals surface area contributed by atoms with Gasteiger partial charge in [-0.2, -0.15) is 0 Å². The van der Waals surface area contributed by atoms with E-state index in [1.165, 1.54) is 11.3 Å². The van der Waals surface area contributed by atoms with E-state index in [2.05, 4.69) is 20.8 Å². The maximum atomic E-state index is 12.6. The number of halogens is 1. The van der Waals surface area contributed by atoms with E-state index in [4.69, 9.17) is 11.6 Å². The van der Waals surface area contributed by atoms with Crippen LogP contribution in [0.1, 0.15) is 53.9 Å². The summed E-state index contributed by atoms with van der Waals surface area (Å²) in [6.07, 6.45) is 2.60. The monoisotopic (exact) mass is 497 g/mol. The summed E-state index contributed by atoms with van der Waals surface area (Å²) in [6, 6.07) is 13.8. The van der Waals surface area contributed by atoms with E-state index in [1.807, 2.05) is 19.1 Å². The highest BCUT2D eigenvalue weighted by molar-refractivity contribution is 7.15. The summed E-state index contributed by atoms with van der Waals surface area (Å²) in [6.45, 7) is 2.53. The van der Waals surface area contributed by atoms with Crippen LogP contribution in [-0.2, 0) is 9.59 Å². The molecule has 0 unspecified atom stereocenters. The van der Waals surface area contributed by atoms with Crippen molar-refractivity contribution in [3.8, 4) is 0 Å². The molecule has 10 heteroatoms. The van der Waals surface area contributed by atoms with Gasteiger partial charge in [-0.15, -0.1) is 10.2 Å². The van der Waals surface area contributed by atoms with Gasteiger partial charge in [-0.3, -0.25) is 19.7 Å². The van der Waals surface area contributed by atoms with Crippen molar-refractivity contribution >= 4 is 57.2 Å². The van der Waals surface area contributed by atoms with Crippen LogP contribution in [0.25, 0.3) is 0 Å². The van der Waals surface area contributed by atoms with Crippen molar-refractivity contribution in [3.05, 3.63) is 64.1 Å². The Balaban J connectivity index is 1.34. The van der Waals surface area contributed by atoms with Crippen molar-refractivity contribution < 1.29 is 14.4 Å². The Morgan fingerprint density at radius 3 is 2.53 bits per heavy atom. The van der Waals surface area contributed by atoms with Crippen molar-refractivity contribution in [3.63, 3.8) is 0 Å². The first-order chi connectivity index (χ1) is 16.4. The van der Waals surface area contributed by atoms with Crippen molar-refractivity contribution in [2.45, 2.75) is 38.5 Å². The highest BCUT2D eigenvalue weighted by atomic mass is 35.5. The van der Waals surface area contributed by atoms with E-state index in [0.717, 1.165) is 18.5 Å². The maximum Gasteiger partial charge on any atom is 0.257 e. The minimum absolute atomic E-state index is 0.00924. The van der Waals surface area contributed by atoms with Crippen LogP contribution in [0.5, 0.6) is 0 Å². The molecule has 2 N–H and O–H groups in total. The van der Waals surface area contributed by atoms with E-state index < -0.39 is 0 Å². The Morgan fingerprint density at radius 1 is 1.09 bits per heavy atom. The molecule has 1 aromatic heterocycles. The topological polar surface area (TPSA) is 104 Å². The van der Waals surface area contributed by atoms with E-state index in [9.17, 15) is 14.4 Å². The van der Waals surface area contributed by atoms with Gasteiger partial charge in [0, 0.05) is 47.3 Å². The summed E-state index contributed by atoms with van der Waals surface area (Å²) in [4.78, 5) is 38.7. The molecule has 8 nitrogen and oxygen atoms in total. The van der Waals surface area contributed by atoms with Gasteiger partial charge < -0.3 is 10.2 Å². The number of anilines is 3. The summed E-state index contributed by atoms with van der Waals surface area (Å²) in [5, 5.41) is 15.5. The fourth-order valence-corrected chi connectivity index (χ4v) is 4.58. The summed E-state index contributed by atoms with van der Waals surface area (Å²) >= 11 is 7.20. The number of nitrogens with one attached hydrogen (secondary N) is 2. The summed E-state index contributed by atoms with van der Waals surface area (Å²) in [5.74, 6) is -0.450. The third-order valence-electron chi connectivity index (χ3n) is 5.46. The highest BCUT2D eigenvalue weighted by Gasteiger charge is 2.34. The second kappa shape index (κ2) is 10.8. The van der Waals surface area contributed by atoms with Crippen molar-refractivity contribution in [2.24, 2.45) is 0 Å². The lowest BCUT2D eigenvalue weighted by Gasteiger charge is -2.16. The average molecular weight is 498 g/mol.